The molecule has 3 rings (SSSR count). The summed E-state index contributed by atoms with van der Waals surface area (Å²) in [6.07, 6.45) is 2.34. The number of hydrogen-bond acceptors (Lipinski definition) is 3. The first kappa shape index (κ1) is 12.4. The van der Waals surface area contributed by atoms with Crippen molar-refractivity contribution < 1.29 is 4.52 Å². The van der Waals surface area contributed by atoms with Crippen LogP contribution in [0.4, 0.5) is 0 Å². The van der Waals surface area contributed by atoms with Gasteiger partial charge < -0.3 is 4.52 Å². The Morgan fingerprint density at radius 2 is 2.05 bits per heavy atom. The lowest BCUT2D eigenvalue weighted by Gasteiger charge is -2.10. The molecule has 0 fully saturated rings. The molecular formula is C16H20N2O. The van der Waals surface area contributed by atoms with Gasteiger partial charge in [0.25, 0.3) is 0 Å². The van der Waals surface area contributed by atoms with E-state index in [4.69, 9.17) is 4.52 Å². The predicted molar refractivity (Wildman–Crippen MR) is 75.2 cm³/mol. The summed E-state index contributed by atoms with van der Waals surface area (Å²) >= 11 is 0. The summed E-state index contributed by atoms with van der Waals surface area (Å²) in [4.78, 5) is 4.58. The first-order chi connectivity index (χ1) is 8.97. The molecule has 1 aliphatic rings. The van der Waals surface area contributed by atoms with Crippen molar-refractivity contribution in [2.75, 3.05) is 0 Å². The van der Waals surface area contributed by atoms with Crippen LogP contribution in [-0.2, 0) is 11.8 Å². The Labute approximate surface area is 114 Å². The molecule has 100 valence electrons. The Morgan fingerprint density at radius 3 is 2.74 bits per heavy atom. The van der Waals surface area contributed by atoms with E-state index in [0.717, 1.165) is 17.8 Å². The molecule has 0 amide bonds. The molecule has 1 heterocycles. The number of nitrogens with zero attached hydrogens (tertiary/aromatic N) is 2. The zero-order chi connectivity index (χ0) is 13.6. The summed E-state index contributed by atoms with van der Waals surface area (Å²) in [5, 5.41) is 4.17. The highest BCUT2D eigenvalue weighted by molar-refractivity contribution is 5.63. The topological polar surface area (TPSA) is 38.9 Å². The SMILES string of the molecule is C[C@H]1CCc2c(-c3noc(C(C)(C)C)n3)cccc21. The minimum atomic E-state index is -0.101. The highest BCUT2D eigenvalue weighted by atomic mass is 16.5. The quantitative estimate of drug-likeness (QED) is 0.771. The van der Waals surface area contributed by atoms with E-state index < -0.39 is 0 Å². The zero-order valence-electron chi connectivity index (χ0n) is 12.0. The predicted octanol–water partition coefficient (Wildman–Crippen LogP) is 4.08. The molecule has 0 aliphatic heterocycles. The van der Waals surface area contributed by atoms with Crippen molar-refractivity contribution in [2.24, 2.45) is 0 Å². The van der Waals surface area contributed by atoms with Crippen LogP contribution in [0.1, 0.15) is 57.1 Å². The van der Waals surface area contributed by atoms with Crippen LogP contribution in [0.3, 0.4) is 0 Å². The van der Waals surface area contributed by atoms with Gasteiger partial charge in [-0.05, 0) is 29.9 Å². The van der Waals surface area contributed by atoms with Gasteiger partial charge in [-0.2, -0.15) is 4.98 Å². The molecule has 0 radical (unpaired) electrons. The summed E-state index contributed by atoms with van der Waals surface area (Å²) in [5.41, 5.74) is 3.88. The van der Waals surface area contributed by atoms with E-state index in [1.165, 1.54) is 17.5 Å². The lowest BCUT2D eigenvalue weighted by atomic mass is 9.97. The van der Waals surface area contributed by atoms with Gasteiger partial charge in [0, 0.05) is 11.0 Å². The Hall–Kier alpha value is -1.64. The number of hydrogen-bond donors (Lipinski definition) is 0. The van der Waals surface area contributed by atoms with Crippen LogP contribution in [0.2, 0.25) is 0 Å². The first-order valence-corrected chi connectivity index (χ1v) is 6.93. The summed E-state index contributed by atoms with van der Waals surface area (Å²) in [6, 6.07) is 6.43. The molecule has 0 saturated carbocycles. The maximum atomic E-state index is 5.41. The average Bonchev–Trinajstić information content (AvgIpc) is 2.96. The van der Waals surface area contributed by atoms with Crippen LogP contribution in [-0.4, -0.2) is 10.1 Å². The fourth-order valence-corrected chi connectivity index (χ4v) is 2.71. The van der Waals surface area contributed by atoms with Gasteiger partial charge >= 0.3 is 0 Å². The molecular weight excluding hydrogens is 236 g/mol. The van der Waals surface area contributed by atoms with Gasteiger partial charge in [0.2, 0.25) is 11.7 Å². The third-order valence-corrected chi connectivity index (χ3v) is 3.88. The highest BCUT2D eigenvalue weighted by Gasteiger charge is 2.26. The van der Waals surface area contributed by atoms with E-state index in [1.54, 1.807) is 0 Å². The van der Waals surface area contributed by atoms with Gasteiger partial charge in [0.1, 0.15) is 0 Å². The molecule has 0 N–H and O–H groups in total. The molecule has 1 aromatic heterocycles. The van der Waals surface area contributed by atoms with Gasteiger partial charge in [-0.3, -0.25) is 0 Å². The molecule has 2 aromatic rings. The van der Waals surface area contributed by atoms with Crippen molar-refractivity contribution >= 4 is 0 Å². The van der Waals surface area contributed by atoms with Crippen LogP contribution < -0.4 is 0 Å². The fourth-order valence-electron chi connectivity index (χ4n) is 2.71. The van der Waals surface area contributed by atoms with Crippen molar-refractivity contribution in [3.63, 3.8) is 0 Å². The summed E-state index contributed by atoms with van der Waals surface area (Å²) < 4.78 is 5.41. The zero-order valence-corrected chi connectivity index (χ0v) is 12.0. The standard InChI is InChI=1S/C16H20N2O/c1-10-8-9-12-11(10)6-5-7-13(12)14-17-15(19-18-14)16(2,3)4/h5-7,10H,8-9H2,1-4H3/t10-/m0/s1. The molecule has 0 spiro atoms. The molecule has 0 saturated heterocycles. The van der Waals surface area contributed by atoms with Crippen LogP contribution in [0, 0.1) is 0 Å². The molecule has 19 heavy (non-hydrogen) atoms. The minimum Gasteiger partial charge on any atom is -0.338 e. The maximum absolute atomic E-state index is 5.41. The summed E-state index contributed by atoms with van der Waals surface area (Å²) in [7, 11) is 0. The van der Waals surface area contributed by atoms with E-state index in [1.807, 2.05) is 0 Å². The Morgan fingerprint density at radius 1 is 1.26 bits per heavy atom. The third kappa shape index (κ3) is 2.07. The molecule has 1 aromatic carbocycles. The van der Waals surface area contributed by atoms with E-state index in [2.05, 4.69) is 56.0 Å². The second kappa shape index (κ2) is 4.19. The van der Waals surface area contributed by atoms with Gasteiger partial charge in [-0.15, -0.1) is 0 Å². The normalized spacial score (nSPS) is 18.6. The Balaban J connectivity index is 2.07. The van der Waals surface area contributed by atoms with Crippen LogP contribution in [0.5, 0.6) is 0 Å². The van der Waals surface area contributed by atoms with Crippen LogP contribution in [0.15, 0.2) is 22.7 Å². The number of benzene rings is 1. The largest absolute Gasteiger partial charge is 0.338 e. The molecule has 1 aliphatic carbocycles. The van der Waals surface area contributed by atoms with Crippen molar-refractivity contribution in [3.8, 4) is 11.4 Å². The molecule has 1 atom stereocenters. The smallest absolute Gasteiger partial charge is 0.232 e. The number of aromatic nitrogens is 2. The van der Waals surface area contributed by atoms with Crippen molar-refractivity contribution in [1.29, 1.82) is 0 Å². The van der Waals surface area contributed by atoms with Gasteiger partial charge in [0.05, 0.1) is 0 Å². The lowest BCUT2D eigenvalue weighted by Crippen LogP contribution is -2.11. The lowest BCUT2D eigenvalue weighted by molar-refractivity contribution is 0.321. The second-order valence-corrected chi connectivity index (χ2v) is 6.49. The van der Waals surface area contributed by atoms with Gasteiger partial charge in [0.15, 0.2) is 0 Å². The minimum absolute atomic E-state index is 0.101. The average molecular weight is 256 g/mol. The van der Waals surface area contributed by atoms with Crippen molar-refractivity contribution in [3.05, 3.63) is 35.2 Å². The van der Waals surface area contributed by atoms with E-state index in [-0.39, 0.29) is 5.41 Å². The highest BCUT2D eigenvalue weighted by Crippen LogP contribution is 2.38. The van der Waals surface area contributed by atoms with Crippen LogP contribution >= 0.6 is 0 Å². The monoisotopic (exact) mass is 256 g/mol. The van der Waals surface area contributed by atoms with Gasteiger partial charge in [-0.25, -0.2) is 0 Å². The first-order valence-electron chi connectivity index (χ1n) is 6.93. The Bertz CT molecular complexity index is 607. The van der Waals surface area contributed by atoms with E-state index in [0.29, 0.717) is 11.8 Å². The maximum Gasteiger partial charge on any atom is 0.232 e. The third-order valence-electron chi connectivity index (χ3n) is 3.88. The molecule has 0 unspecified atom stereocenters. The summed E-state index contributed by atoms with van der Waals surface area (Å²) in [5.74, 6) is 2.07. The van der Waals surface area contributed by atoms with Crippen LogP contribution in [0.25, 0.3) is 11.4 Å². The second-order valence-electron chi connectivity index (χ2n) is 6.49. The van der Waals surface area contributed by atoms with E-state index in [9.17, 15) is 0 Å². The summed E-state index contributed by atoms with van der Waals surface area (Å²) in [6.45, 7) is 8.54. The fraction of sp³-hybridized carbons (Fsp3) is 0.500. The Kier molecular flexibility index (Phi) is 2.73. The molecule has 3 heteroatoms. The number of rotatable bonds is 1. The molecule has 3 nitrogen and oxygen atoms in total. The van der Waals surface area contributed by atoms with Crippen molar-refractivity contribution in [1.82, 2.24) is 10.1 Å². The van der Waals surface area contributed by atoms with E-state index >= 15 is 0 Å². The number of fused-ring (bicyclic) bond motifs is 1. The van der Waals surface area contributed by atoms with Gasteiger partial charge in [-0.1, -0.05) is 51.1 Å². The van der Waals surface area contributed by atoms with Crippen molar-refractivity contribution in [2.45, 2.75) is 51.9 Å². The molecule has 0 bridgehead atoms.